The molecule has 1 amide bonds. The molecule has 0 saturated carbocycles. The van der Waals surface area contributed by atoms with Crippen molar-refractivity contribution in [1.82, 2.24) is 14.5 Å². The van der Waals surface area contributed by atoms with E-state index in [2.05, 4.69) is 15.2 Å². The minimum atomic E-state index is -0.225. The van der Waals surface area contributed by atoms with Crippen LogP contribution in [0.3, 0.4) is 0 Å². The van der Waals surface area contributed by atoms with Crippen molar-refractivity contribution >= 4 is 35.0 Å². The minimum absolute atomic E-state index is 0.166. The number of carbonyl (C=O) groups is 1. The first-order valence-electron chi connectivity index (χ1n) is 9.40. The number of benzene rings is 1. The molecule has 0 bridgehead atoms. The Morgan fingerprint density at radius 1 is 1.29 bits per heavy atom. The fourth-order valence-corrected chi connectivity index (χ4v) is 4.34. The Hall–Kier alpha value is -1.83. The SMILES string of the molecule is CN(C)CCn1c2c(c(SCC(=O)Nc3ccccc3Cl)nc1=O)CCCC2. The van der Waals surface area contributed by atoms with Crippen LogP contribution in [-0.2, 0) is 24.2 Å². The van der Waals surface area contributed by atoms with Gasteiger partial charge in [0.05, 0.1) is 16.5 Å². The Kier molecular flexibility index (Phi) is 7.15. The zero-order valence-corrected chi connectivity index (χ0v) is 17.8. The lowest BCUT2D eigenvalue weighted by Crippen LogP contribution is -2.33. The summed E-state index contributed by atoms with van der Waals surface area (Å²) in [6.45, 7) is 1.43. The van der Waals surface area contributed by atoms with Gasteiger partial charge in [0.15, 0.2) is 0 Å². The van der Waals surface area contributed by atoms with Crippen LogP contribution in [0.15, 0.2) is 34.1 Å². The summed E-state index contributed by atoms with van der Waals surface area (Å²) in [6, 6.07) is 7.13. The average molecular weight is 421 g/mol. The molecule has 28 heavy (non-hydrogen) atoms. The van der Waals surface area contributed by atoms with Crippen LogP contribution in [0.4, 0.5) is 5.69 Å². The largest absolute Gasteiger partial charge is 0.348 e. The fraction of sp³-hybridized carbons (Fsp3) is 0.450. The van der Waals surface area contributed by atoms with Crippen LogP contribution in [0.2, 0.25) is 5.02 Å². The highest BCUT2D eigenvalue weighted by Crippen LogP contribution is 2.29. The Labute approximate surface area is 174 Å². The fourth-order valence-electron chi connectivity index (χ4n) is 3.28. The van der Waals surface area contributed by atoms with Crippen LogP contribution in [0.25, 0.3) is 0 Å². The first-order valence-corrected chi connectivity index (χ1v) is 10.8. The van der Waals surface area contributed by atoms with Crippen molar-refractivity contribution in [3.8, 4) is 0 Å². The Morgan fingerprint density at radius 3 is 2.79 bits per heavy atom. The number of nitrogens with zero attached hydrogens (tertiary/aromatic N) is 3. The molecule has 1 N–H and O–H groups in total. The van der Waals surface area contributed by atoms with E-state index in [9.17, 15) is 9.59 Å². The summed E-state index contributed by atoms with van der Waals surface area (Å²) < 4.78 is 1.81. The smallest absolute Gasteiger partial charge is 0.324 e. The highest BCUT2D eigenvalue weighted by molar-refractivity contribution is 8.00. The molecular weight excluding hydrogens is 396 g/mol. The van der Waals surface area contributed by atoms with Crippen LogP contribution < -0.4 is 11.0 Å². The van der Waals surface area contributed by atoms with E-state index in [4.69, 9.17) is 11.6 Å². The molecule has 0 radical (unpaired) electrons. The first-order chi connectivity index (χ1) is 13.5. The van der Waals surface area contributed by atoms with Gasteiger partial charge in [-0.2, -0.15) is 4.98 Å². The molecule has 0 fully saturated rings. The molecule has 1 aliphatic rings. The average Bonchev–Trinajstić information content (AvgIpc) is 2.67. The number of aromatic nitrogens is 2. The molecule has 2 aromatic rings. The van der Waals surface area contributed by atoms with Crippen molar-refractivity contribution in [2.75, 3.05) is 31.7 Å². The maximum atomic E-state index is 12.6. The molecule has 0 saturated heterocycles. The molecule has 1 aromatic heterocycles. The van der Waals surface area contributed by atoms with Crippen molar-refractivity contribution in [3.63, 3.8) is 0 Å². The van der Waals surface area contributed by atoms with Crippen molar-refractivity contribution in [2.45, 2.75) is 37.3 Å². The first kappa shape index (κ1) is 20.9. The maximum Gasteiger partial charge on any atom is 0.348 e. The van der Waals surface area contributed by atoms with Gasteiger partial charge >= 0.3 is 5.69 Å². The third-order valence-electron chi connectivity index (χ3n) is 4.71. The van der Waals surface area contributed by atoms with Crippen LogP contribution >= 0.6 is 23.4 Å². The van der Waals surface area contributed by atoms with Crippen LogP contribution in [-0.4, -0.2) is 46.8 Å². The maximum absolute atomic E-state index is 12.6. The number of rotatable bonds is 7. The second-order valence-electron chi connectivity index (χ2n) is 7.10. The van der Waals surface area contributed by atoms with E-state index in [1.54, 1.807) is 12.1 Å². The normalized spacial score (nSPS) is 13.4. The zero-order chi connectivity index (χ0) is 20.1. The van der Waals surface area contributed by atoms with Crippen LogP contribution in [0.1, 0.15) is 24.1 Å². The van der Waals surface area contributed by atoms with E-state index in [0.29, 0.717) is 22.3 Å². The van der Waals surface area contributed by atoms with Gasteiger partial charge in [-0.3, -0.25) is 9.36 Å². The number of thioether (sulfide) groups is 1. The minimum Gasteiger partial charge on any atom is -0.324 e. The van der Waals surface area contributed by atoms with E-state index in [0.717, 1.165) is 43.5 Å². The summed E-state index contributed by atoms with van der Waals surface area (Å²) in [6.07, 6.45) is 3.95. The molecule has 6 nitrogen and oxygen atoms in total. The Bertz CT molecular complexity index is 914. The molecule has 1 heterocycles. The van der Waals surface area contributed by atoms with Gasteiger partial charge in [0, 0.05) is 24.3 Å². The molecule has 0 atom stereocenters. The summed E-state index contributed by atoms with van der Waals surface area (Å²) in [7, 11) is 3.99. The number of fused-ring (bicyclic) bond motifs is 1. The number of hydrogen-bond donors (Lipinski definition) is 1. The number of amides is 1. The number of para-hydroxylation sites is 1. The predicted molar refractivity (Wildman–Crippen MR) is 114 cm³/mol. The molecule has 1 aliphatic carbocycles. The van der Waals surface area contributed by atoms with Crippen molar-refractivity contribution < 1.29 is 4.79 Å². The molecule has 3 rings (SSSR count). The molecule has 150 valence electrons. The lowest BCUT2D eigenvalue weighted by atomic mass is 9.97. The number of carbonyl (C=O) groups excluding carboxylic acids is 1. The van der Waals surface area contributed by atoms with Gasteiger partial charge in [0.2, 0.25) is 5.91 Å². The van der Waals surface area contributed by atoms with Gasteiger partial charge in [-0.15, -0.1) is 0 Å². The second-order valence-corrected chi connectivity index (χ2v) is 8.47. The summed E-state index contributed by atoms with van der Waals surface area (Å²) in [5.41, 5.74) is 2.57. The predicted octanol–water partition coefficient (Wildman–Crippen LogP) is 3.07. The Morgan fingerprint density at radius 2 is 2.04 bits per heavy atom. The van der Waals surface area contributed by atoms with Gasteiger partial charge in [0.25, 0.3) is 0 Å². The van der Waals surface area contributed by atoms with E-state index in [-0.39, 0.29) is 17.3 Å². The third-order valence-corrected chi connectivity index (χ3v) is 6.06. The lowest BCUT2D eigenvalue weighted by molar-refractivity contribution is -0.113. The molecule has 1 aromatic carbocycles. The molecule has 0 unspecified atom stereocenters. The molecule has 8 heteroatoms. The van der Waals surface area contributed by atoms with Gasteiger partial charge in [-0.05, 0) is 51.9 Å². The van der Waals surface area contributed by atoms with E-state index in [1.807, 2.05) is 30.8 Å². The second kappa shape index (κ2) is 9.58. The van der Waals surface area contributed by atoms with Crippen molar-refractivity contribution in [3.05, 3.63) is 51.0 Å². The summed E-state index contributed by atoms with van der Waals surface area (Å²) in [5.74, 6) is 0.0208. The Balaban J connectivity index is 1.75. The van der Waals surface area contributed by atoms with E-state index >= 15 is 0 Å². The van der Waals surface area contributed by atoms with Gasteiger partial charge in [0.1, 0.15) is 5.03 Å². The summed E-state index contributed by atoms with van der Waals surface area (Å²) >= 11 is 7.41. The highest BCUT2D eigenvalue weighted by Gasteiger charge is 2.21. The molecule has 0 spiro atoms. The monoisotopic (exact) mass is 420 g/mol. The van der Waals surface area contributed by atoms with Crippen molar-refractivity contribution in [1.29, 1.82) is 0 Å². The number of hydrogen-bond acceptors (Lipinski definition) is 5. The summed E-state index contributed by atoms with van der Waals surface area (Å²) in [5, 5.41) is 4.00. The molecule has 0 aliphatic heterocycles. The number of nitrogens with one attached hydrogen (secondary N) is 1. The van der Waals surface area contributed by atoms with Crippen LogP contribution in [0.5, 0.6) is 0 Å². The topological polar surface area (TPSA) is 67.2 Å². The van der Waals surface area contributed by atoms with Crippen molar-refractivity contribution in [2.24, 2.45) is 0 Å². The quantitative estimate of drug-likeness (QED) is 0.550. The molecular formula is C20H25ClN4O2S. The third kappa shape index (κ3) is 5.16. The van der Waals surface area contributed by atoms with Gasteiger partial charge < -0.3 is 10.2 Å². The van der Waals surface area contributed by atoms with E-state index in [1.165, 1.54) is 11.8 Å². The number of likely N-dealkylation sites (N-methyl/N-ethyl adjacent to an activating group) is 1. The summed E-state index contributed by atoms with van der Waals surface area (Å²) in [4.78, 5) is 31.3. The van der Waals surface area contributed by atoms with Gasteiger partial charge in [-0.1, -0.05) is 35.5 Å². The van der Waals surface area contributed by atoms with Crippen LogP contribution in [0, 0.1) is 0 Å². The lowest BCUT2D eigenvalue weighted by Gasteiger charge is -2.23. The van der Waals surface area contributed by atoms with Gasteiger partial charge in [-0.25, -0.2) is 4.79 Å². The van der Waals surface area contributed by atoms with E-state index < -0.39 is 0 Å². The standard InChI is InChI=1S/C20H25ClN4O2S/c1-24(2)11-12-25-17-10-6-3-7-14(17)19(23-20(25)27)28-13-18(26)22-16-9-5-4-8-15(16)21/h4-5,8-9H,3,6-7,10-13H2,1-2H3,(H,22,26). The number of anilines is 1. The highest BCUT2D eigenvalue weighted by atomic mass is 35.5. The number of halogens is 1. The zero-order valence-electron chi connectivity index (χ0n) is 16.2.